The molecule has 1 aromatic heterocycles. The third kappa shape index (κ3) is 3.73. The Bertz CT molecular complexity index is 429. The minimum atomic E-state index is 0.164. The number of aromatic nitrogens is 2. The van der Waals surface area contributed by atoms with Gasteiger partial charge in [-0.25, -0.2) is 0 Å². The lowest BCUT2D eigenvalue weighted by molar-refractivity contribution is 0.00513. The van der Waals surface area contributed by atoms with Crippen LogP contribution in [0, 0.1) is 6.92 Å². The van der Waals surface area contributed by atoms with Gasteiger partial charge in [-0.3, -0.25) is 16.0 Å². The van der Waals surface area contributed by atoms with Gasteiger partial charge in [0.15, 0.2) is 0 Å². The fourth-order valence-electron chi connectivity index (χ4n) is 2.82. The molecule has 0 aliphatic carbocycles. The van der Waals surface area contributed by atoms with E-state index in [-0.39, 0.29) is 6.04 Å². The van der Waals surface area contributed by atoms with Gasteiger partial charge in [0.2, 0.25) is 0 Å². The molecule has 0 bridgehead atoms. The summed E-state index contributed by atoms with van der Waals surface area (Å²) >= 11 is 6.35. The summed E-state index contributed by atoms with van der Waals surface area (Å²) in [6, 6.07) is 0.164. The van der Waals surface area contributed by atoms with E-state index in [0.717, 1.165) is 48.8 Å². The van der Waals surface area contributed by atoms with E-state index in [2.05, 4.69) is 17.4 Å². The van der Waals surface area contributed by atoms with E-state index in [1.165, 1.54) is 12.8 Å². The lowest BCUT2D eigenvalue weighted by Gasteiger charge is -2.26. The molecule has 2 heterocycles. The van der Waals surface area contributed by atoms with E-state index < -0.39 is 0 Å². The van der Waals surface area contributed by atoms with Crippen LogP contribution in [0.3, 0.4) is 0 Å². The lowest BCUT2D eigenvalue weighted by atomic mass is 9.99. The van der Waals surface area contributed by atoms with Crippen LogP contribution in [0.25, 0.3) is 0 Å². The van der Waals surface area contributed by atoms with Gasteiger partial charge in [-0.1, -0.05) is 11.6 Å². The maximum absolute atomic E-state index is 6.35. The number of halogens is 1. The molecule has 1 aliphatic heterocycles. The van der Waals surface area contributed by atoms with Crippen molar-refractivity contribution < 1.29 is 4.74 Å². The van der Waals surface area contributed by atoms with Crippen LogP contribution in [-0.4, -0.2) is 28.5 Å². The molecule has 5 nitrogen and oxygen atoms in total. The lowest BCUT2D eigenvalue weighted by Crippen LogP contribution is -2.41. The first-order chi connectivity index (χ1) is 9.65. The molecule has 0 amide bonds. The van der Waals surface area contributed by atoms with Gasteiger partial charge in [-0.05, 0) is 39.5 Å². The molecule has 114 valence electrons. The predicted molar refractivity (Wildman–Crippen MR) is 80.7 cm³/mol. The number of hydrazine groups is 1. The van der Waals surface area contributed by atoms with Gasteiger partial charge in [0.25, 0.3) is 0 Å². The smallest absolute Gasteiger partial charge is 0.0847 e. The first kappa shape index (κ1) is 15.8. The molecule has 0 radical (unpaired) electrons. The second kappa shape index (κ2) is 7.41. The van der Waals surface area contributed by atoms with Crippen molar-refractivity contribution in [2.24, 2.45) is 5.84 Å². The second-order valence-electron chi connectivity index (χ2n) is 5.45. The minimum absolute atomic E-state index is 0.164. The number of nitrogens with two attached hydrogens (primary N) is 1. The molecule has 2 unspecified atom stereocenters. The van der Waals surface area contributed by atoms with E-state index in [0.29, 0.717) is 6.10 Å². The van der Waals surface area contributed by atoms with E-state index in [1.54, 1.807) is 0 Å². The maximum atomic E-state index is 6.35. The molecule has 1 aromatic rings. The third-order valence-electron chi connectivity index (χ3n) is 3.95. The SMILES string of the molecule is CCn1nc(C)c(Cl)c1CC(CC1CCCCO1)NN. The Balaban J connectivity index is 2.02. The summed E-state index contributed by atoms with van der Waals surface area (Å²) < 4.78 is 7.75. The van der Waals surface area contributed by atoms with Gasteiger partial charge in [0.05, 0.1) is 22.5 Å². The number of hydrogen-bond acceptors (Lipinski definition) is 4. The molecule has 0 aromatic carbocycles. The Labute approximate surface area is 125 Å². The number of nitrogens with one attached hydrogen (secondary N) is 1. The number of ether oxygens (including phenoxy) is 1. The summed E-state index contributed by atoms with van der Waals surface area (Å²) in [5.74, 6) is 5.71. The van der Waals surface area contributed by atoms with E-state index in [4.69, 9.17) is 22.2 Å². The van der Waals surface area contributed by atoms with Gasteiger partial charge in [0.1, 0.15) is 0 Å². The summed E-state index contributed by atoms with van der Waals surface area (Å²) in [5, 5.41) is 5.21. The second-order valence-corrected chi connectivity index (χ2v) is 5.83. The van der Waals surface area contributed by atoms with Crippen molar-refractivity contribution in [3.63, 3.8) is 0 Å². The largest absolute Gasteiger partial charge is 0.378 e. The predicted octanol–water partition coefficient (Wildman–Crippen LogP) is 2.20. The third-order valence-corrected chi connectivity index (χ3v) is 4.44. The normalized spacial score (nSPS) is 21.1. The minimum Gasteiger partial charge on any atom is -0.378 e. The van der Waals surface area contributed by atoms with Crippen LogP contribution < -0.4 is 11.3 Å². The Kier molecular flexibility index (Phi) is 5.84. The Morgan fingerprint density at radius 2 is 2.35 bits per heavy atom. The monoisotopic (exact) mass is 300 g/mol. The van der Waals surface area contributed by atoms with Crippen molar-refractivity contribution in [3.05, 3.63) is 16.4 Å². The van der Waals surface area contributed by atoms with Gasteiger partial charge in [-0.15, -0.1) is 0 Å². The Hall–Kier alpha value is -0.620. The van der Waals surface area contributed by atoms with Crippen LogP contribution in [0.4, 0.5) is 0 Å². The molecule has 20 heavy (non-hydrogen) atoms. The number of aryl methyl sites for hydroxylation is 2. The van der Waals surface area contributed by atoms with Crippen LogP contribution in [0.1, 0.15) is 44.0 Å². The summed E-state index contributed by atoms with van der Waals surface area (Å²) in [5.41, 5.74) is 4.85. The van der Waals surface area contributed by atoms with Gasteiger partial charge < -0.3 is 4.74 Å². The highest BCUT2D eigenvalue weighted by molar-refractivity contribution is 6.31. The molecule has 0 saturated carbocycles. The zero-order chi connectivity index (χ0) is 14.5. The number of hydrogen-bond donors (Lipinski definition) is 2. The summed E-state index contributed by atoms with van der Waals surface area (Å²) in [4.78, 5) is 0. The number of rotatable bonds is 6. The first-order valence-corrected chi connectivity index (χ1v) is 7.83. The molecule has 2 rings (SSSR count). The van der Waals surface area contributed by atoms with Gasteiger partial charge in [-0.2, -0.15) is 5.10 Å². The average Bonchev–Trinajstić information content (AvgIpc) is 2.75. The van der Waals surface area contributed by atoms with Crippen molar-refractivity contribution in [2.45, 2.75) is 64.6 Å². The van der Waals surface area contributed by atoms with E-state index in [1.807, 2.05) is 11.6 Å². The summed E-state index contributed by atoms with van der Waals surface area (Å²) in [7, 11) is 0. The Morgan fingerprint density at radius 3 is 2.95 bits per heavy atom. The highest BCUT2D eigenvalue weighted by Crippen LogP contribution is 2.24. The van der Waals surface area contributed by atoms with Crippen molar-refractivity contribution in [2.75, 3.05) is 6.61 Å². The van der Waals surface area contributed by atoms with Crippen LogP contribution in [0.15, 0.2) is 0 Å². The molecule has 1 saturated heterocycles. The topological polar surface area (TPSA) is 65.1 Å². The summed E-state index contributed by atoms with van der Waals surface area (Å²) in [6.45, 7) is 5.70. The van der Waals surface area contributed by atoms with Crippen molar-refractivity contribution in [1.82, 2.24) is 15.2 Å². The Morgan fingerprint density at radius 1 is 1.55 bits per heavy atom. The van der Waals surface area contributed by atoms with Crippen LogP contribution in [0.5, 0.6) is 0 Å². The van der Waals surface area contributed by atoms with Crippen molar-refractivity contribution in [3.8, 4) is 0 Å². The summed E-state index contributed by atoms with van der Waals surface area (Å²) in [6.07, 6.45) is 5.55. The van der Waals surface area contributed by atoms with Crippen LogP contribution in [-0.2, 0) is 17.7 Å². The molecule has 0 spiro atoms. The standard InChI is InChI=1S/C14H25ClN4O/c1-3-19-13(14(15)10(2)18-19)9-11(17-16)8-12-6-4-5-7-20-12/h11-12,17H,3-9,16H2,1-2H3. The van der Waals surface area contributed by atoms with Crippen molar-refractivity contribution in [1.29, 1.82) is 0 Å². The van der Waals surface area contributed by atoms with Gasteiger partial charge >= 0.3 is 0 Å². The molecule has 3 N–H and O–H groups in total. The first-order valence-electron chi connectivity index (χ1n) is 7.45. The van der Waals surface area contributed by atoms with E-state index in [9.17, 15) is 0 Å². The number of nitrogens with zero attached hydrogens (tertiary/aromatic N) is 2. The molecule has 6 heteroatoms. The molecule has 2 atom stereocenters. The zero-order valence-electron chi connectivity index (χ0n) is 12.4. The quantitative estimate of drug-likeness (QED) is 0.624. The van der Waals surface area contributed by atoms with Gasteiger partial charge in [0, 0.05) is 25.6 Å². The molecule has 1 fully saturated rings. The fraction of sp³-hybridized carbons (Fsp3) is 0.786. The average molecular weight is 301 g/mol. The molecular weight excluding hydrogens is 276 g/mol. The zero-order valence-corrected chi connectivity index (χ0v) is 13.1. The van der Waals surface area contributed by atoms with Crippen LogP contribution in [0.2, 0.25) is 5.02 Å². The van der Waals surface area contributed by atoms with E-state index >= 15 is 0 Å². The fourth-order valence-corrected chi connectivity index (χ4v) is 3.03. The molecular formula is C14H25ClN4O. The highest BCUT2D eigenvalue weighted by atomic mass is 35.5. The maximum Gasteiger partial charge on any atom is 0.0847 e. The molecule has 1 aliphatic rings. The van der Waals surface area contributed by atoms with Crippen LogP contribution >= 0.6 is 11.6 Å². The van der Waals surface area contributed by atoms with Crippen molar-refractivity contribution >= 4 is 11.6 Å². The highest BCUT2D eigenvalue weighted by Gasteiger charge is 2.22.